The Kier molecular flexibility index (Phi) is 3.96. The average molecular weight is 355 g/mol. The van der Waals surface area contributed by atoms with Crippen LogP contribution < -0.4 is 5.32 Å². The number of hydrogen-bond acceptors (Lipinski definition) is 1. The second kappa shape index (κ2) is 5.48. The lowest BCUT2D eigenvalue weighted by Gasteiger charge is -2.07. The Morgan fingerprint density at radius 3 is 2.44 bits per heavy atom. The maximum Gasteiger partial charge on any atom is 0.256 e. The molecule has 0 fully saturated rings. The van der Waals surface area contributed by atoms with Crippen LogP contribution in [0, 0.1) is 16.3 Å². The van der Waals surface area contributed by atoms with E-state index in [2.05, 4.69) is 27.9 Å². The first-order chi connectivity index (χ1) is 8.56. The van der Waals surface area contributed by atoms with E-state index in [9.17, 15) is 9.18 Å². The van der Waals surface area contributed by atoms with E-state index in [-0.39, 0.29) is 11.7 Å². The fourth-order valence-corrected chi connectivity index (χ4v) is 2.45. The lowest BCUT2D eigenvalue weighted by molar-refractivity contribution is 0.102. The van der Waals surface area contributed by atoms with Crippen LogP contribution in [0.1, 0.15) is 15.9 Å². The Morgan fingerprint density at radius 1 is 1.17 bits per heavy atom. The Balaban J connectivity index is 2.19. The van der Waals surface area contributed by atoms with Crippen molar-refractivity contribution < 1.29 is 9.18 Å². The van der Waals surface area contributed by atoms with Crippen LogP contribution in [0.3, 0.4) is 0 Å². The first-order valence-corrected chi connectivity index (χ1v) is 6.47. The predicted octanol–water partition coefficient (Wildman–Crippen LogP) is 3.99. The summed E-state index contributed by atoms with van der Waals surface area (Å²) >= 11 is 2.13. The average Bonchev–Trinajstić information content (AvgIpc) is 2.32. The van der Waals surface area contributed by atoms with Crippen molar-refractivity contribution in [3.63, 3.8) is 0 Å². The summed E-state index contributed by atoms with van der Waals surface area (Å²) in [6.07, 6.45) is 0. The summed E-state index contributed by atoms with van der Waals surface area (Å²) in [7, 11) is 0. The molecule has 2 aromatic carbocycles. The molecule has 0 aliphatic carbocycles. The number of nitrogens with one attached hydrogen (secondary N) is 1. The number of amides is 1. The third kappa shape index (κ3) is 3.07. The van der Waals surface area contributed by atoms with E-state index in [1.807, 2.05) is 19.1 Å². The number of rotatable bonds is 2. The number of benzene rings is 2. The van der Waals surface area contributed by atoms with E-state index in [0.29, 0.717) is 11.3 Å². The van der Waals surface area contributed by atoms with Gasteiger partial charge in [0.15, 0.2) is 0 Å². The van der Waals surface area contributed by atoms with Gasteiger partial charge in [-0.3, -0.25) is 4.79 Å². The summed E-state index contributed by atoms with van der Waals surface area (Å²) in [5.74, 6) is -0.510. The molecule has 2 rings (SSSR count). The second-order valence-electron chi connectivity index (χ2n) is 3.94. The fourth-order valence-electron chi connectivity index (χ4n) is 1.54. The molecular weight excluding hydrogens is 344 g/mol. The molecule has 1 N–H and O–H groups in total. The molecule has 0 heterocycles. The van der Waals surface area contributed by atoms with Crippen molar-refractivity contribution in [2.45, 2.75) is 6.92 Å². The normalized spacial score (nSPS) is 10.2. The van der Waals surface area contributed by atoms with Crippen LogP contribution in [-0.4, -0.2) is 5.91 Å². The van der Waals surface area contributed by atoms with Crippen LogP contribution in [0.15, 0.2) is 42.5 Å². The van der Waals surface area contributed by atoms with Gasteiger partial charge in [0.25, 0.3) is 5.91 Å². The molecule has 0 unspecified atom stereocenters. The van der Waals surface area contributed by atoms with Gasteiger partial charge in [-0.2, -0.15) is 0 Å². The van der Waals surface area contributed by atoms with Gasteiger partial charge in [0.05, 0.1) is 5.56 Å². The van der Waals surface area contributed by atoms with Crippen molar-refractivity contribution in [2.24, 2.45) is 0 Å². The molecule has 2 aromatic rings. The molecule has 0 saturated heterocycles. The highest BCUT2D eigenvalue weighted by Crippen LogP contribution is 2.16. The topological polar surface area (TPSA) is 29.1 Å². The second-order valence-corrected chi connectivity index (χ2v) is 5.11. The summed E-state index contributed by atoms with van der Waals surface area (Å²) in [4.78, 5) is 12.0. The number of halogens is 2. The minimum atomic E-state index is -0.321. The molecule has 0 aliphatic heterocycles. The molecule has 18 heavy (non-hydrogen) atoms. The lowest BCUT2D eigenvalue weighted by atomic mass is 10.1. The van der Waals surface area contributed by atoms with Crippen molar-refractivity contribution >= 4 is 34.2 Å². The molecule has 1 amide bonds. The predicted molar refractivity (Wildman–Crippen MR) is 78.2 cm³/mol. The standard InChI is InChI=1S/C14H11FINO/c1-9-2-7-12(13(16)8-9)14(18)17-11-5-3-10(15)4-6-11/h2-8H,1H3,(H,17,18). The summed E-state index contributed by atoms with van der Waals surface area (Å²) < 4.78 is 13.6. The fraction of sp³-hybridized carbons (Fsp3) is 0.0714. The van der Waals surface area contributed by atoms with Crippen molar-refractivity contribution in [3.8, 4) is 0 Å². The SMILES string of the molecule is Cc1ccc(C(=O)Nc2ccc(F)cc2)c(I)c1. The van der Waals surface area contributed by atoms with Crippen molar-refractivity contribution in [1.82, 2.24) is 0 Å². The van der Waals surface area contributed by atoms with Gasteiger partial charge < -0.3 is 5.32 Å². The number of carbonyl (C=O) groups excluding carboxylic acids is 1. The van der Waals surface area contributed by atoms with Crippen molar-refractivity contribution in [1.29, 1.82) is 0 Å². The molecule has 0 atom stereocenters. The van der Waals surface area contributed by atoms with Gasteiger partial charge in [0.2, 0.25) is 0 Å². The number of hydrogen-bond donors (Lipinski definition) is 1. The Labute approximate surface area is 118 Å². The maximum absolute atomic E-state index is 12.7. The van der Waals surface area contributed by atoms with Crippen molar-refractivity contribution in [2.75, 3.05) is 5.32 Å². The molecule has 0 bridgehead atoms. The van der Waals surface area contributed by atoms with Gasteiger partial charge in [0, 0.05) is 9.26 Å². The molecule has 0 aromatic heterocycles. The minimum Gasteiger partial charge on any atom is -0.322 e. The van der Waals surface area contributed by atoms with E-state index in [1.165, 1.54) is 24.3 Å². The molecule has 4 heteroatoms. The van der Waals surface area contributed by atoms with Crippen LogP contribution in [0.4, 0.5) is 10.1 Å². The molecule has 0 spiro atoms. The van der Waals surface area contributed by atoms with E-state index < -0.39 is 0 Å². The van der Waals surface area contributed by atoms with Gasteiger partial charge in [0.1, 0.15) is 5.82 Å². The van der Waals surface area contributed by atoms with Crippen LogP contribution in [0.2, 0.25) is 0 Å². The Hall–Kier alpha value is -1.43. The first kappa shape index (κ1) is 13.0. The highest BCUT2D eigenvalue weighted by atomic mass is 127. The van der Waals surface area contributed by atoms with Gasteiger partial charge in [-0.05, 0) is 65.9 Å². The zero-order valence-corrected chi connectivity index (χ0v) is 11.9. The van der Waals surface area contributed by atoms with Gasteiger partial charge in [-0.25, -0.2) is 4.39 Å². The zero-order chi connectivity index (χ0) is 13.1. The Bertz CT molecular complexity index is 581. The highest BCUT2D eigenvalue weighted by molar-refractivity contribution is 14.1. The van der Waals surface area contributed by atoms with E-state index in [0.717, 1.165) is 9.13 Å². The highest BCUT2D eigenvalue weighted by Gasteiger charge is 2.10. The maximum atomic E-state index is 12.7. The molecule has 2 nitrogen and oxygen atoms in total. The van der Waals surface area contributed by atoms with Gasteiger partial charge in [-0.1, -0.05) is 11.6 Å². The van der Waals surface area contributed by atoms with Gasteiger partial charge >= 0.3 is 0 Å². The molecule has 0 aliphatic rings. The number of carbonyl (C=O) groups is 1. The summed E-state index contributed by atoms with van der Waals surface area (Å²) in [6.45, 7) is 1.98. The van der Waals surface area contributed by atoms with E-state index in [4.69, 9.17) is 0 Å². The zero-order valence-electron chi connectivity index (χ0n) is 9.71. The largest absolute Gasteiger partial charge is 0.322 e. The smallest absolute Gasteiger partial charge is 0.256 e. The van der Waals surface area contributed by atoms with Crippen LogP contribution in [0.5, 0.6) is 0 Å². The van der Waals surface area contributed by atoms with Crippen LogP contribution in [0.25, 0.3) is 0 Å². The Morgan fingerprint density at radius 2 is 1.83 bits per heavy atom. The summed E-state index contributed by atoms with van der Waals surface area (Å²) in [5.41, 5.74) is 2.31. The van der Waals surface area contributed by atoms with Crippen LogP contribution in [-0.2, 0) is 0 Å². The number of aryl methyl sites for hydroxylation is 1. The molecule has 92 valence electrons. The quantitative estimate of drug-likeness (QED) is 0.811. The monoisotopic (exact) mass is 355 g/mol. The third-order valence-electron chi connectivity index (χ3n) is 2.47. The first-order valence-electron chi connectivity index (χ1n) is 5.39. The molecule has 0 radical (unpaired) electrons. The van der Waals surface area contributed by atoms with Gasteiger partial charge in [-0.15, -0.1) is 0 Å². The van der Waals surface area contributed by atoms with Crippen molar-refractivity contribution in [3.05, 3.63) is 63.0 Å². The summed E-state index contributed by atoms with van der Waals surface area (Å²) in [6, 6.07) is 11.3. The number of anilines is 1. The minimum absolute atomic E-state index is 0.189. The van der Waals surface area contributed by atoms with E-state index >= 15 is 0 Å². The third-order valence-corrected chi connectivity index (χ3v) is 3.36. The lowest BCUT2D eigenvalue weighted by Crippen LogP contribution is -2.13. The molecular formula is C14H11FINO. The summed E-state index contributed by atoms with van der Waals surface area (Å²) in [5, 5.41) is 2.74. The van der Waals surface area contributed by atoms with E-state index in [1.54, 1.807) is 6.07 Å². The van der Waals surface area contributed by atoms with Crippen LogP contribution >= 0.6 is 22.6 Å². The molecule has 0 saturated carbocycles.